The molecule has 0 unspecified atom stereocenters. The fourth-order valence-corrected chi connectivity index (χ4v) is 0.782. The summed E-state index contributed by atoms with van der Waals surface area (Å²) < 4.78 is 0. The fraction of sp³-hybridized carbons (Fsp3) is 0.143. The third kappa shape index (κ3) is 1.90. The molecular formula is C7H7N5O. The van der Waals surface area contributed by atoms with Crippen molar-refractivity contribution in [3.63, 3.8) is 0 Å². The maximum atomic E-state index is 10.7. The number of carbonyl (C=O) groups is 1. The van der Waals surface area contributed by atoms with Gasteiger partial charge < -0.3 is 11.5 Å². The lowest BCUT2D eigenvalue weighted by molar-refractivity contribution is 0.0996. The molecule has 0 spiro atoms. The lowest BCUT2D eigenvalue weighted by Crippen LogP contribution is -2.17. The fourth-order valence-electron chi connectivity index (χ4n) is 0.782. The van der Waals surface area contributed by atoms with E-state index in [1.54, 1.807) is 0 Å². The van der Waals surface area contributed by atoms with Crippen LogP contribution in [0, 0.1) is 11.3 Å². The predicted molar refractivity (Wildman–Crippen MR) is 44.3 cm³/mol. The van der Waals surface area contributed by atoms with Crippen molar-refractivity contribution in [2.45, 2.75) is 6.42 Å². The number of nitrogen functional groups attached to an aromatic ring is 1. The van der Waals surface area contributed by atoms with Gasteiger partial charge in [-0.05, 0) is 0 Å². The minimum atomic E-state index is -0.746. The van der Waals surface area contributed by atoms with E-state index in [4.69, 9.17) is 16.7 Å². The van der Waals surface area contributed by atoms with E-state index in [0.29, 0.717) is 5.69 Å². The molecule has 1 aromatic heterocycles. The molecule has 0 saturated heterocycles. The zero-order chi connectivity index (χ0) is 9.84. The predicted octanol–water partition coefficient (Wildman–Crippen LogP) is -0.776. The Balaban J connectivity index is 3.13. The van der Waals surface area contributed by atoms with Crippen LogP contribution in [0.5, 0.6) is 0 Å². The summed E-state index contributed by atoms with van der Waals surface area (Å²) in [6, 6.07) is 1.87. The van der Waals surface area contributed by atoms with Gasteiger partial charge in [-0.25, -0.2) is 9.97 Å². The van der Waals surface area contributed by atoms with Crippen LogP contribution in [0.3, 0.4) is 0 Å². The zero-order valence-corrected chi connectivity index (χ0v) is 6.69. The summed E-state index contributed by atoms with van der Waals surface area (Å²) in [5.41, 5.74) is 10.6. The Morgan fingerprint density at radius 1 is 1.69 bits per heavy atom. The zero-order valence-electron chi connectivity index (χ0n) is 6.69. The number of nitriles is 1. The summed E-state index contributed by atoms with van der Waals surface area (Å²) in [5.74, 6) is -0.765. The van der Waals surface area contributed by atoms with Gasteiger partial charge in [0.25, 0.3) is 5.91 Å². The Kier molecular flexibility index (Phi) is 2.40. The van der Waals surface area contributed by atoms with Gasteiger partial charge in [0.1, 0.15) is 0 Å². The van der Waals surface area contributed by atoms with Crippen molar-refractivity contribution in [2.75, 3.05) is 5.73 Å². The van der Waals surface area contributed by atoms with E-state index in [1.165, 1.54) is 6.20 Å². The lowest BCUT2D eigenvalue weighted by atomic mass is 10.3. The third-order valence-corrected chi connectivity index (χ3v) is 1.34. The molecule has 0 radical (unpaired) electrons. The molecule has 0 saturated carbocycles. The average molecular weight is 177 g/mol. The molecule has 0 aromatic carbocycles. The van der Waals surface area contributed by atoms with Crippen molar-refractivity contribution in [3.05, 3.63) is 17.6 Å². The van der Waals surface area contributed by atoms with Crippen LogP contribution in [0.15, 0.2) is 6.20 Å². The van der Waals surface area contributed by atoms with Crippen LogP contribution in [0.4, 0.5) is 5.82 Å². The van der Waals surface area contributed by atoms with E-state index in [0.717, 1.165) is 0 Å². The molecule has 1 rings (SSSR count). The van der Waals surface area contributed by atoms with Crippen molar-refractivity contribution < 1.29 is 4.79 Å². The lowest BCUT2D eigenvalue weighted by Gasteiger charge is -2.00. The van der Waals surface area contributed by atoms with Crippen LogP contribution in [0.25, 0.3) is 0 Å². The Labute approximate surface area is 74.2 Å². The molecule has 1 amide bonds. The normalized spacial score (nSPS) is 9.15. The second-order valence-electron chi connectivity index (χ2n) is 2.29. The highest BCUT2D eigenvalue weighted by molar-refractivity contribution is 5.94. The van der Waals surface area contributed by atoms with Crippen molar-refractivity contribution in [1.29, 1.82) is 5.26 Å². The number of primary amides is 1. The highest BCUT2D eigenvalue weighted by atomic mass is 16.1. The van der Waals surface area contributed by atoms with Crippen LogP contribution in [-0.2, 0) is 6.42 Å². The minimum absolute atomic E-state index is 0.0193. The number of anilines is 1. The van der Waals surface area contributed by atoms with E-state index in [2.05, 4.69) is 9.97 Å². The van der Waals surface area contributed by atoms with E-state index >= 15 is 0 Å². The maximum absolute atomic E-state index is 10.7. The van der Waals surface area contributed by atoms with Gasteiger partial charge in [0.15, 0.2) is 11.5 Å². The first-order chi connectivity index (χ1) is 6.15. The van der Waals surface area contributed by atoms with Gasteiger partial charge in [0, 0.05) is 0 Å². The molecular weight excluding hydrogens is 170 g/mol. The SMILES string of the molecule is N#CCc1cnc(N)c(C(N)=O)n1. The maximum Gasteiger partial charge on any atom is 0.271 e. The van der Waals surface area contributed by atoms with Gasteiger partial charge >= 0.3 is 0 Å². The summed E-state index contributed by atoms with van der Waals surface area (Å²) in [5, 5.41) is 8.35. The van der Waals surface area contributed by atoms with Crippen LogP contribution >= 0.6 is 0 Å². The molecule has 1 heterocycles. The molecule has 6 heteroatoms. The van der Waals surface area contributed by atoms with E-state index < -0.39 is 5.91 Å². The van der Waals surface area contributed by atoms with Gasteiger partial charge in [-0.15, -0.1) is 0 Å². The number of carbonyl (C=O) groups excluding carboxylic acids is 1. The average Bonchev–Trinajstić information content (AvgIpc) is 2.08. The number of aromatic nitrogens is 2. The van der Waals surface area contributed by atoms with Crippen LogP contribution in [0.1, 0.15) is 16.2 Å². The molecule has 0 fully saturated rings. The highest BCUT2D eigenvalue weighted by Crippen LogP contribution is 2.04. The Morgan fingerprint density at radius 2 is 2.38 bits per heavy atom. The number of hydrogen-bond donors (Lipinski definition) is 2. The quantitative estimate of drug-likeness (QED) is 0.614. The summed E-state index contributed by atoms with van der Waals surface area (Å²) in [7, 11) is 0. The Morgan fingerprint density at radius 3 is 2.92 bits per heavy atom. The van der Waals surface area contributed by atoms with Gasteiger partial charge in [0.2, 0.25) is 0 Å². The molecule has 0 atom stereocenters. The standard InChI is InChI=1S/C7H7N5O/c8-2-1-4-3-11-6(9)5(12-4)7(10)13/h3H,1H2,(H2,9,11)(H2,10,13). The highest BCUT2D eigenvalue weighted by Gasteiger charge is 2.09. The second-order valence-corrected chi connectivity index (χ2v) is 2.29. The van der Waals surface area contributed by atoms with Crippen LogP contribution in [-0.4, -0.2) is 15.9 Å². The van der Waals surface area contributed by atoms with Gasteiger partial charge in [-0.2, -0.15) is 5.26 Å². The van der Waals surface area contributed by atoms with Crippen molar-refractivity contribution in [2.24, 2.45) is 5.73 Å². The first-order valence-corrected chi connectivity index (χ1v) is 3.43. The number of nitrogens with two attached hydrogens (primary N) is 2. The monoisotopic (exact) mass is 177 g/mol. The van der Waals surface area contributed by atoms with Crippen molar-refractivity contribution >= 4 is 11.7 Å². The van der Waals surface area contributed by atoms with E-state index in [1.807, 2.05) is 6.07 Å². The number of rotatable bonds is 2. The molecule has 1 aromatic rings. The summed E-state index contributed by atoms with van der Waals surface area (Å²) in [6.45, 7) is 0. The second kappa shape index (κ2) is 3.49. The first kappa shape index (κ1) is 8.93. The number of hydrogen-bond acceptors (Lipinski definition) is 5. The molecule has 66 valence electrons. The van der Waals surface area contributed by atoms with Crippen LogP contribution in [0.2, 0.25) is 0 Å². The van der Waals surface area contributed by atoms with Crippen molar-refractivity contribution in [3.8, 4) is 6.07 Å². The van der Waals surface area contributed by atoms with Gasteiger partial charge in [-0.1, -0.05) is 0 Å². The molecule has 0 aliphatic heterocycles. The molecule has 13 heavy (non-hydrogen) atoms. The molecule has 0 bridgehead atoms. The molecule has 0 aliphatic carbocycles. The number of nitrogens with zero attached hydrogens (tertiary/aromatic N) is 3. The topological polar surface area (TPSA) is 119 Å². The largest absolute Gasteiger partial charge is 0.382 e. The first-order valence-electron chi connectivity index (χ1n) is 3.43. The third-order valence-electron chi connectivity index (χ3n) is 1.34. The van der Waals surface area contributed by atoms with Crippen molar-refractivity contribution in [1.82, 2.24) is 9.97 Å². The van der Waals surface area contributed by atoms with Crippen LogP contribution < -0.4 is 11.5 Å². The minimum Gasteiger partial charge on any atom is -0.382 e. The molecule has 0 aliphatic rings. The van der Waals surface area contributed by atoms with E-state index in [9.17, 15) is 4.79 Å². The van der Waals surface area contributed by atoms with E-state index in [-0.39, 0.29) is 17.9 Å². The molecule has 6 nitrogen and oxygen atoms in total. The Bertz CT molecular complexity index is 381. The number of amides is 1. The van der Waals surface area contributed by atoms with Gasteiger partial charge in [-0.3, -0.25) is 4.79 Å². The smallest absolute Gasteiger partial charge is 0.271 e. The Hall–Kier alpha value is -2.16. The summed E-state index contributed by atoms with van der Waals surface area (Å²) >= 11 is 0. The summed E-state index contributed by atoms with van der Waals surface area (Å²) in [6.07, 6.45) is 1.42. The van der Waals surface area contributed by atoms with Gasteiger partial charge in [0.05, 0.1) is 24.4 Å². The summed E-state index contributed by atoms with van der Waals surface area (Å²) in [4.78, 5) is 18.2. The molecule has 4 N–H and O–H groups in total.